The first-order chi connectivity index (χ1) is 8.26. The van der Waals surface area contributed by atoms with Crippen LogP contribution in [0.4, 0.5) is 22.0 Å². The quantitative estimate of drug-likeness (QED) is 0.566. The molecule has 0 radical (unpaired) electrons. The molecule has 1 aliphatic rings. The normalized spacial score (nSPS) is 20.6. The molecule has 0 spiro atoms. The summed E-state index contributed by atoms with van der Waals surface area (Å²) < 4.78 is 68.7. The molecule has 0 heterocycles. The van der Waals surface area contributed by atoms with Gasteiger partial charge in [-0.3, -0.25) is 0 Å². The van der Waals surface area contributed by atoms with Gasteiger partial charge in [-0.2, -0.15) is 17.6 Å². The summed E-state index contributed by atoms with van der Waals surface area (Å²) in [5.74, 6) is -13.1. The van der Waals surface area contributed by atoms with E-state index >= 15 is 0 Å². The Morgan fingerprint density at radius 2 is 1.78 bits per heavy atom. The second kappa shape index (κ2) is 4.36. The third-order valence-electron chi connectivity index (χ3n) is 2.43. The van der Waals surface area contributed by atoms with Crippen LogP contribution in [-0.4, -0.2) is 11.8 Å². The van der Waals surface area contributed by atoms with Crippen molar-refractivity contribution in [2.75, 3.05) is 0 Å². The molecular formula is C11H6F5IO. The largest absolute Gasteiger partial charge is 0.484 e. The zero-order valence-corrected chi connectivity index (χ0v) is 10.9. The number of halogens is 6. The fourth-order valence-corrected chi connectivity index (χ4v) is 2.04. The molecule has 0 unspecified atom stereocenters. The Morgan fingerprint density at radius 3 is 2.33 bits per heavy atom. The summed E-state index contributed by atoms with van der Waals surface area (Å²) in [6, 6.07) is 6.60. The highest BCUT2D eigenvalue weighted by Crippen LogP contribution is 2.56. The monoisotopic (exact) mass is 376 g/mol. The number of ether oxygens (including phenoxy) is 1. The van der Waals surface area contributed by atoms with Gasteiger partial charge in [-0.05, 0) is 40.3 Å². The molecule has 0 fully saturated rings. The van der Waals surface area contributed by atoms with E-state index in [9.17, 15) is 22.0 Å². The molecule has 1 aliphatic carbocycles. The van der Waals surface area contributed by atoms with Crippen molar-refractivity contribution in [2.45, 2.75) is 18.5 Å². The van der Waals surface area contributed by atoms with Crippen molar-refractivity contribution in [1.29, 1.82) is 0 Å². The van der Waals surface area contributed by atoms with E-state index in [4.69, 9.17) is 0 Å². The minimum Gasteiger partial charge on any atom is -0.484 e. The number of hydrogen-bond acceptors (Lipinski definition) is 1. The molecule has 0 aliphatic heterocycles. The number of alkyl halides is 4. The first-order valence-electron chi connectivity index (χ1n) is 4.80. The van der Waals surface area contributed by atoms with Gasteiger partial charge in [0.05, 0.1) is 0 Å². The van der Waals surface area contributed by atoms with E-state index in [1.807, 2.05) is 22.6 Å². The van der Waals surface area contributed by atoms with E-state index < -0.39 is 23.4 Å². The maximum absolute atomic E-state index is 12.8. The lowest BCUT2D eigenvalue weighted by Crippen LogP contribution is -2.53. The molecule has 18 heavy (non-hydrogen) atoms. The lowest BCUT2D eigenvalue weighted by molar-refractivity contribution is -0.233. The first kappa shape index (κ1) is 13.6. The third kappa shape index (κ3) is 1.98. The second-order valence-electron chi connectivity index (χ2n) is 3.71. The van der Waals surface area contributed by atoms with Crippen LogP contribution in [0.2, 0.25) is 0 Å². The van der Waals surface area contributed by atoms with E-state index in [1.54, 1.807) is 24.3 Å². The Kier molecular flexibility index (Phi) is 3.28. The van der Waals surface area contributed by atoms with Crippen LogP contribution in [0.15, 0.2) is 35.9 Å². The molecule has 7 heteroatoms. The SMILES string of the molecule is FC1=C(OCc2cccc(I)c2)C(F)(F)C1(F)F. The summed E-state index contributed by atoms with van der Waals surface area (Å²) >= 11 is 1.99. The van der Waals surface area contributed by atoms with Crippen molar-refractivity contribution in [3.63, 3.8) is 0 Å². The van der Waals surface area contributed by atoms with Gasteiger partial charge >= 0.3 is 11.8 Å². The molecule has 1 nitrogen and oxygen atoms in total. The Hall–Kier alpha value is -0.860. The average molecular weight is 376 g/mol. The van der Waals surface area contributed by atoms with Crippen LogP contribution in [0.3, 0.4) is 0 Å². The van der Waals surface area contributed by atoms with E-state index in [1.165, 1.54) is 0 Å². The number of rotatable bonds is 3. The van der Waals surface area contributed by atoms with E-state index in [-0.39, 0.29) is 6.61 Å². The van der Waals surface area contributed by atoms with Crippen molar-refractivity contribution in [2.24, 2.45) is 0 Å². The van der Waals surface area contributed by atoms with E-state index in [0.29, 0.717) is 5.56 Å². The molecule has 0 N–H and O–H groups in total. The van der Waals surface area contributed by atoms with Gasteiger partial charge in [-0.15, -0.1) is 0 Å². The van der Waals surface area contributed by atoms with Crippen LogP contribution in [0.1, 0.15) is 5.56 Å². The number of allylic oxidation sites excluding steroid dienone is 2. The number of hydrogen-bond donors (Lipinski definition) is 0. The van der Waals surface area contributed by atoms with E-state index in [2.05, 4.69) is 4.74 Å². The minimum atomic E-state index is -4.76. The van der Waals surface area contributed by atoms with Gasteiger partial charge < -0.3 is 4.74 Å². The lowest BCUT2D eigenvalue weighted by atomic mass is 9.96. The molecule has 0 amide bonds. The smallest absolute Gasteiger partial charge is 0.375 e. The van der Waals surface area contributed by atoms with Crippen LogP contribution in [-0.2, 0) is 11.3 Å². The summed E-state index contributed by atoms with van der Waals surface area (Å²) in [5, 5.41) is 0. The first-order valence-corrected chi connectivity index (χ1v) is 5.88. The minimum absolute atomic E-state index is 0.384. The molecule has 1 aromatic rings. The van der Waals surface area contributed by atoms with Gasteiger partial charge in [-0.1, -0.05) is 12.1 Å². The Labute approximate surface area is 113 Å². The molecule has 0 atom stereocenters. The lowest BCUT2D eigenvalue weighted by Gasteiger charge is -2.35. The topological polar surface area (TPSA) is 9.23 Å². The molecule has 0 saturated heterocycles. The highest BCUT2D eigenvalue weighted by Gasteiger charge is 2.74. The fraction of sp³-hybridized carbons (Fsp3) is 0.273. The van der Waals surface area contributed by atoms with Crippen LogP contribution in [0.25, 0.3) is 0 Å². The molecule has 98 valence electrons. The Morgan fingerprint density at radius 1 is 1.11 bits per heavy atom. The average Bonchev–Trinajstić information content (AvgIpc) is 2.28. The van der Waals surface area contributed by atoms with Gasteiger partial charge in [0.2, 0.25) is 11.6 Å². The van der Waals surface area contributed by atoms with E-state index in [0.717, 1.165) is 3.57 Å². The van der Waals surface area contributed by atoms with Gasteiger partial charge in [-0.25, -0.2) is 4.39 Å². The molecule has 0 bridgehead atoms. The standard InChI is InChI=1S/C11H6F5IO/c12-8-9(11(15,16)10(8,13)14)18-5-6-2-1-3-7(17)4-6/h1-4H,5H2. The summed E-state index contributed by atoms with van der Waals surface area (Å²) in [4.78, 5) is 0. The zero-order chi connectivity index (χ0) is 13.6. The predicted octanol–water partition coefficient (Wildman–Crippen LogP) is 4.27. The summed E-state index contributed by atoms with van der Waals surface area (Å²) in [5.41, 5.74) is 0.494. The summed E-state index contributed by atoms with van der Waals surface area (Å²) in [6.07, 6.45) is 0. The molecule has 0 saturated carbocycles. The molecule has 0 aromatic heterocycles. The highest BCUT2D eigenvalue weighted by molar-refractivity contribution is 14.1. The number of benzene rings is 1. The second-order valence-corrected chi connectivity index (χ2v) is 4.96. The highest BCUT2D eigenvalue weighted by atomic mass is 127. The Balaban J connectivity index is 2.11. The van der Waals surface area contributed by atoms with Gasteiger partial charge in [0.15, 0.2) is 0 Å². The zero-order valence-electron chi connectivity index (χ0n) is 8.69. The molecular weight excluding hydrogens is 370 g/mol. The van der Waals surface area contributed by atoms with Crippen molar-refractivity contribution in [1.82, 2.24) is 0 Å². The van der Waals surface area contributed by atoms with Crippen LogP contribution < -0.4 is 0 Å². The summed E-state index contributed by atoms with van der Waals surface area (Å²) in [7, 11) is 0. The van der Waals surface area contributed by atoms with Crippen LogP contribution >= 0.6 is 22.6 Å². The maximum atomic E-state index is 12.8. The molecule has 1 aromatic carbocycles. The van der Waals surface area contributed by atoms with Crippen molar-refractivity contribution in [3.05, 3.63) is 45.0 Å². The van der Waals surface area contributed by atoms with Crippen molar-refractivity contribution < 1.29 is 26.7 Å². The van der Waals surface area contributed by atoms with Gasteiger partial charge in [0.25, 0.3) is 0 Å². The van der Waals surface area contributed by atoms with Crippen molar-refractivity contribution in [3.8, 4) is 0 Å². The fourth-order valence-electron chi connectivity index (χ4n) is 1.43. The van der Waals surface area contributed by atoms with Crippen LogP contribution in [0.5, 0.6) is 0 Å². The summed E-state index contributed by atoms with van der Waals surface area (Å²) in [6.45, 7) is -0.384. The molecule has 2 rings (SSSR count). The Bertz CT molecular complexity index is 512. The van der Waals surface area contributed by atoms with Gasteiger partial charge in [0.1, 0.15) is 6.61 Å². The maximum Gasteiger partial charge on any atom is 0.375 e. The van der Waals surface area contributed by atoms with Gasteiger partial charge in [0, 0.05) is 3.57 Å². The third-order valence-corrected chi connectivity index (χ3v) is 3.10. The van der Waals surface area contributed by atoms with Crippen LogP contribution in [0, 0.1) is 3.57 Å². The predicted molar refractivity (Wildman–Crippen MR) is 62.0 cm³/mol. The van der Waals surface area contributed by atoms with Crippen molar-refractivity contribution >= 4 is 22.6 Å².